The molecule has 4 heteroatoms. The van der Waals surface area contributed by atoms with Gasteiger partial charge in [0.15, 0.2) is 5.75 Å². The number of hydrogen-bond donors (Lipinski definition) is 1. The Kier molecular flexibility index (Phi) is 7.21. The number of hydrogen-bond acceptors (Lipinski definition) is 3. The van der Waals surface area contributed by atoms with Crippen LogP contribution in [-0.2, 0) is 0 Å². The first-order valence-corrected chi connectivity index (χ1v) is 9.38. The van der Waals surface area contributed by atoms with Gasteiger partial charge in [0.2, 0.25) is 0 Å². The highest BCUT2D eigenvalue weighted by molar-refractivity contribution is 5.85. The van der Waals surface area contributed by atoms with E-state index in [2.05, 4.69) is 51.0 Å². The van der Waals surface area contributed by atoms with Gasteiger partial charge in [-0.3, -0.25) is 4.98 Å². The molecule has 0 bridgehead atoms. The molecule has 1 aliphatic carbocycles. The third kappa shape index (κ3) is 5.03. The minimum atomic E-state index is 0. The first kappa shape index (κ1) is 22.1. The quantitative estimate of drug-likeness (QED) is 0.653. The van der Waals surface area contributed by atoms with Crippen molar-refractivity contribution >= 4 is 18.1 Å². The second-order valence-electron chi connectivity index (χ2n) is 9.37. The summed E-state index contributed by atoms with van der Waals surface area (Å²) in [4.78, 5) is 4.38. The van der Waals surface area contributed by atoms with E-state index in [0.717, 1.165) is 17.1 Å². The summed E-state index contributed by atoms with van der Waals surface area (Å²) in [6.45, 7) is 13.9. The number of anilines is 1. The molecule has 0 unspecified atom stereocenters. The molecular formula is C21H37ClN2O. The zero-order valence-corrected chi connectivity index (χ0v) is 18.0. The fourth-order valence-corrected chi connectivity index (χ4v) is 4.79. The van der Waals surface area contributed by atoms with Gasteiger partial charge in [0.05, 0.1) is 18.5 Å². The second-order valence-corrected chi connectivity index (χ2v) is 9.37. The van der Waals surface area contributed by atoms with E-state index < -0.39 is 0 Å². The predicted octanol–water partition coefficient (Wildman–Crippen LogP) is 6.40. The molecule has 144 valence electrons. The fraction of sp³-hybridized carbons (Fsp3) is 0.762. The van der Waals surface area contributed by atoms with Crippen LogP contribution in [-0.4, -0.2) is 17.6 Å². The Labute approximate surface area is 160 Å². The summed E-state index contributed by atoms with van der Waals surface area (Å²) in [5.74, 6) is 0.883. The molecule has 1 fully saturated rings. The van der Waals surface area contributed by atoms with Gasteiger partial charge < -0.3 is 10.1 Å². The van der Waals surface area contributed by atoms with E-state index in [0.29, 0.717) is 5.41 Å². The Balaban J connectivity index is 0.00000312. The summed E-state index contributed by atoms with van der Waals surface area (Å²) in [6.07, 6.45) is 9.47. The van der Waals surface area contributed by atoms with Crippen LogP contribution in [0.3, 0.4) is 0 Å². The summed E-state index contributed by atoms with van der Waals surface area (Å²) < 4.78 is 5.65. The number of ether oxygens (including phenoxy) is 1. The zero-order valence-electron chi connectivity index (χ0n) is 17.2. The Morgan fingerprint density at radius 2 is 1.72 bits per heavy atom. The summed E-state index contributed by atoms with van der Waals surface area (Å²) in [5, 5.41) is 3.95. The first-order chi connectivity index (χ1) is 11.1. The number of pyridine rings is 1. The van der Waals surface area contributed by atoms with Gasteiger partial charge in [0.1, 0.15) is 0 Å². The molecule has 2 rings (SSSR count). The number of aryl methyl sites for hydroxylation is 1. The highest BCUT2D eigenvalue weighted by Crippen LogP contribution is 2.50. The van der Waals surface area contributed by atoms with Crippen LogP contribution in [0.2, 0.25) is 0 Å². The number of aromatic nitrogens is 1. The molecule has 0 radical (unpaired) electrons. The van der Waals surface area contributed by atoms with Crippen LogP contribution in [0.5, 0.6) is 5.75 Å². The number of methoxy groups -OCH3 is 1. The monoisotopic (exact) mass is 368 g/mol. The van der Waals surface area contributed by atoms with Gasteiger partial charge in [-0.1, -0.05) is 53.9 Å². The van der Waals surface area contributed by atoms with Gasteiger partial charge in [-0.2, -0.15) is 0 Å². The van der Waals surface area contributed by atoms with E-state index in [9.17, 15) is 0 Å². The molecule has 1 aromatic rings. The molecule has 0 saturated heterocycles. The average molecular weight is 369 g/mol. The maximum Gasteiger partial charge on any atom is 0.163 e. The van der Waals surface area contributed by atoms with Crippen molar-refractivity contribution in [2.75, 3.05) is 12.4 Å². The number of nitrogens with one attached hydrogen (secondary N) is 1. The summed E-state index contributed by atoms with van der Waals surface area (Å²) in [6, 6.07) is 2.06. The molecule has 25 heavy (non-hydrogen) atoms. The molecule has 0 spiro atoms. The summed E-state index contributed by atoms with van der Waals surface area (Å²) >= 11 is 0. The molecular weight excluding hydrogens is 332 g/mol. The maximum atomic E-state index is 5.65. The van der Waals surface area contributed by atoms with Gasteiger partial charge >= 0.3 is 0 Å². The van der Waals surface area contributed by atoms with Crippen molar-refractivity contribution in [1.29, 1.82) is 0 Å². The van der Waals surface area contributed by atoms with Crippen LogP contribution < -0.4 is 10.1 Å². The molecule has 0 aliphatic heterocycles. The van der Waals surface area contributed by atoms with Crippen molar-refractivity contribution < 1.29 is 4.74 Å². The minimum Gasteiger partial charge on any atom is -0.493 e. The smallest absolute Gasteiger partial charge is 0.163 e. The molecule has 1 heterocycles. The molecule has 1 N–H and O–H groups in total. The Bertz CT molecular complexity index is 558. The Morgan fingerprint density at radius 3 is 2.24 bits per heavy atom. The molecule has 0 amide bonds. The first-order valence-electron chi connectivity index (χ1n) is 9.38. The van der Waals surface area contributed by atoms with E-state index in [1.54, 1.807) is 7.11 Å². The lowest BCUT2D eigenvalue weighted by molar-refractivity contribution is 0.0838. The lowest BCUT2D eigenvalue weighted by Gasteiger charge is -2.52. The standard InChI is InChI=1S/C21H36N2O.ClH/c1-16-18(24-7)17(11-14-22-16)23-21(12-9-8-10-13-21)20(5,6)15-19(2,3)4;/h11,14H,8-10,12-13,15H2,1-7H3,(H,22,23);1H. The topological polar surface area (TPSA) is 34.1 Å². The van der Waals surface area contributed by atoms with Crippen molar-refractivity contribution in [3.05, 3.63) is 18.0 Å². The molecule has 0 aromatic carbocycles. The van der Waals surface area contributed by atoms with Crippen LogP contribution >= 0.6 is 12.4 Å². The van der Waals surface area contributed by atoms with Crippen molar-refractivity contribution in [3.8, 4) is 5.75 Å². The number of halogens is 1. The Hall–Kier alpha value is -0.960. The predicted molar refractivity (Wildman–Crippen MR) is 110 cm³/mol. The minimum absolute atomic E-state index is 0. The lowest BCUT2D eigenvalue weighted by atomic mass is 9.59. The SMILES string of the molecule is COc1c(NC2(C(C)(C)CC(C)(C)C)CCCCC2)ccnc1C.Cl. The fourth-order valence-electron chi connectivity index (χ4n) is 4.79. The van der Waals surface area contributed by atoms with Crippen molar-refractivity contribution in [2.45, 2.75) is 85.6 Å². The van der Waals surface area contributed by atoms with Crippen molar-refractivity contribution in [2.24, 2.45) is 10.8 Å². The third-order valence-electron chi connectivity index (χ3n) is 5.64. The zero-order chi connectivity index (χ0) is 18.0. The van der Waals surface area contributed by atoms with Crippen LogP contribution in [0.1, 0.15) is 78.8 Å². The highest BCUT2D eigenvalue weighted by Gasteiger charge is 2.47. The molecule has 1 saturated carbocycles. The third-order valence-corrected chi connectivity index (χ3v) is 5.64. The van der Waals surface area contributed by atoms with Gasteiger partial charge in [0, 0.05) is 11.7 Å². The molecule has 1 aromatic heterocycles. The lowest BCUT2D eigenvalue weighted by Crippen LogP contribution is -2.53. The van der Waals surface area contributed by atoms with E-state index in [1.165, 1.54) is 38.5 Å². The molecule has 0 atom stereocenters. The average Bonchev–Trinajstić information content (AvgIpc) is 2.46. The molecule has 3 nitrogen and oxygen atoms in total. The normalized spacial score (nSPS) is 17.6. The number of nitrogens with zero attached hydrogens (tertiary/aromatic N) is 1. The van der Waals surface area contributed by atoms with Crippen molar-refractivity contribution in [1.82, 2.24) is 4.98 Å². The van der Waals surface area contributed by atoms with E-state index in [4.69, 9.17) is 4.74 Å². The summed E-state index contributed by atoms with van der Waals surface area (Å²) in [7, 11) is 1.74. The van der Waals surface area contributed by atoms with Gasteiger partial charge in [-0.05, 0) is 43.1 Å². The number of rotatable bonds is 5. The van der Waals surface area contributed by atoms with Gasteiger partial charge in [0.25, 0.3) is 0 Å². The summed E-state index contributed by atoms with van der Waals surface area (Å²) in [5.41, 5.74) is 2.66. The van der Waals surface area contributed by atoms with E-state index in [-0.39, 0.29) is 23.4 Å². The van der Waals surface area contributed by atoms with Gasteiger partial charge in [-0.25, -0.2) is 0 Å². The van der Waals surface area contributed by atoms with Crippen molar-refractivity contribution in [3.63, 3.8) is 0 Å². The molecule has 1 aliphatic rings. The van der Waals surface area contributed by atoms with Crippen LogP contribution in [0.25, 0.3) is 0 Å². The maximum absolute atomic E-state index is 5.65. The van der Waals surface area contributed by atoms with Crippen LogP contribution in [0.15, 0.2) is 12.3 Å². The van der Waals surface area contributed by atoms with Crippen LogP contribution in [0.4, 0.5) is 5.69 Å². The second kappa shape index (κ2) is 8.16. The Morgan fingerprint density at radius 1 is 1.12 bits per heavy atom. The highest BCUT2D eigenvalue weighted by atomic mass is 35.5. The van der Waals surface area contributed by atoms with Crippen LogP contribution in [0, 0.1) is 17.8 Å². The van der Waals surface area contributed by atoms with E-state index >= 15 is 0 Å². The van der Waals surface area contributed by atoms with Gasteiger partial charge in [-0.15, -0.1) is 12.4 Å². The largest absolute Gasteiger partial charge is 0.493 e. The van der Waals surface area contributed by atoms with E-state index in [1.807, 2.05) is 13.1 Å².